The minimum absolute atomic E-state index is 0.240. The average molecular weight is 258 g/mol. The monoisotopic (exact) mass is 258 g/mol. The lowest BCUT2D eigenvalue weighted by atomic mass is 9.80. The third-order valence-corrected chi connectivity index (χ3v) is 4.57. The molecule has 2 heteroatoms. The highest BCUT2D eigenvalue weighted by Gasteiger charge is 2.33. The van der Waals surface area contributed by atoms with Crippen molar-refractivity contribution in [2.24, 2.45) is 0 Å². The van der Waals surface area contributed by atoms with Crippen molar-refractivity contribution in [3.05, 3.63) is 39.5 Å². The van der Waals surface area contributed by atoms with Crippen LogP contribution in [0.4, 0.5) is 0 Å². The maximum atomic E-state index is 10.7. The van der Waals surface area contributed by atoms with Gasteiger partial charge in [-0.3, -0.25) is 0 Å². The molecule has 0 bridgehead atoms. The van der Waals surface area contributed by atoms with Crippen LogP contribution in [0.5, 0.6) is 0 Å². The molecule has 1 aliphatic rings. The Bertz CT molecular complexity index is 578. The fourth-order valence-electron chi connectivity index (χ4n) is 3.44. The van der Waals surface area contributed by atoms with Crippen LogP contribution in [-0.2, 0) is 16.6 Å². The van der Waals surface area contributed by atoms with Crippen LogP contribution in [0.2, 0.25) is 0 Å². The molecule has 0 atom stereocenters. The molecule has 1 N–H and O–H groups in total. The van der Waals surface area contributed by atoms with E-state index in [9.17, 15) is 4.79 Å². The second kappa shape index (κ2) is 4.52. The van der Waals surface area contributed by atoms with E-state index in [1.807, 2.05) is 0 Å². The summed E-state index contributed by atoms with van der Waals surface area (Å²) in [7, 11) is 0. The molecule has 0 saturated heterocycles. The minimum Gasteiger partial charge on any atom is -0.478 e. The second-order valence-corrected chi connectivity index (χ2v) is 6.20. The van der Waals surface area contributed by atoms with E-state index in [-0.39, 0.29) is 5.41 Å². The fourth-order valence-corrected chi connectivity index (χ4v) is 3.44. The summed E-state index contributed by atoms with van der Waals surface area (Å²) in [4.78, 5) is 10.7. The molecule has 0 fully saturated rings. The van der Waals surface area contributed by atoms with Gasteiger partial charge in [0.1, 0.15) is 0 Å². The first-order valence-corrected chi connectivity index (χ1v) is 6.80. The number of hydrogen-bond acceptors (Lipinski definition) is 1. The van der Waals surface area contributed by atoms with Crippen molar-refractivity contribution in [3.8, 4) is 0 Å². The number of rotatable bonds is 2. The highest BCUT2D eigenvalue weighted by Crippen LogP contribution is 2.44. The molecule has 1 aliphatic carbocycles. The summed E-state index contributed by atoms with van der Waals surface area (Å²) in [5.74, 6) is -0.891. The number of aliphatic carboxylic acids is 1. The molecule has 102 valence electrons. The van der Waals surface area contributed by atoms with Gasteiger partial charge in [0.25, 0.3) is 0 Å². The molecular formula is C17H22O2. The van der Waals surface area contributed by atoms with Crippen LogP contribution in [0.15, 0.2) is 6.08 Å². The number of benzene rings is 1. The number of carbonyl (C=O) groups is 1. The van der Waals surface area contributed by atoms with Gasteiger partial charge in [0.15, 0.2) is 0 Å². The fraction of sp³-hybridized carbons (Fsp3) is 0.471. The Labute approximate surface area is 115 Å². The van der Waals surface area contributed by atoms with Gasteiger partial charge in [0.05, 0.1) is 0 Å². The topological polar surface area (TPSA) is 37.3 Å². The summed E-state index contributed by atoms with van der Waals surface area (Å²) in [6, 6.07) is 0. The van der Waals surface area contributed by atoms with Crippen molar-refractivity contribution in [2.45, 2.75) is 52.9 Å². The van der Waals surface area contributed by atoms with Crippen molar-refractivity contribution in [1.29, 1.82) is 0 Å². The minimum atomic E-state index is -0.891. The summed E-state index contributed by atoms with van der Waals surface area (Å²) < 4.78 is 0. The van der Waals surface area contributed by atoms with Gasteiger partial charge in [-0.1, -0.05) is 13.8 Å². The third kappa shape index (κ3) is 2.20. The van der Waals surface area contributed by atoms with Crippen molar-refractivity contribution >= 4 is 12.0 Å². The Morgan fingerprint density at radius 2 is 1.79 bits per heavy atom. The Balaban J connectivity index is 2.69. The molecule has 0 heterocycles. The largest absolute Gasteiger partial charge is 0.478 e. The summed E-state index contributed by atoms with van der Waals surface area (Å²) >= 11 is 0. The zero-order valence-electron chi connectivity index (χ0n) is 12.4. The lowest BCUT2D eigenvalue weighted by Crippen LogP contribution is -2.15. The Morgan fingerprint density at radius 1 is 1.16 bits per heavy atom. The van der Waals surface area contributed by atoms with Crippen LogP contribution >= 0.6 is 0 Å². The van der Waals surface area contributed by atoms with Crippen LogP contribution in [-0.4, -0.2) is 11.1 Å². The molecule has 1 aromatic rings. The van der Waals surface area contributed by atoms with Crippen molar-refractivity contribution in [3.63, 3.8) is 0 Å². The quantitative estimate of drug-likeness (QED) is 0.816. The molecule has 2 rings (SSSR count). The van der Waals surface area contributed by atoms with Crippen LogP contribution in [0.25, 0.3) is 6.08 Å². The zero-order chi connectivity index (χ0) is 14.4. The standard InChI is InChI=1S/C17H22O2/c1-10-11(2)16-14(8-9-17(16,4)5)12(3)13(10)6-7-15(18)19/h6-7H,8-9H2,1-5H3,(H,18,19)/b7-6+. The number of carboxylic acid groups (broad SMARTS) is 1. The van der Waals surface area contributed by atoms with Gasteiger partial charge in [-0.05, 0) is 78.5 Å². The Morgan fingerprint density at radius 3 is 2.37 bits per heavy atom. The first kappa shape index (κ1) is 13.9. The predicted molar refractivity (Wildman–Crippen MR) is 78.7 cm³/mol. The van der Waals surface area contributed by atoms with Gasteiger partial charge in [-0.15, -0.1) is 0 Å². The van der Waals surface area contributed by atoms with Crippen LogP contribution in [0.3, 0.4) is 0 Å². The number of fused-ring (bicyclic) bond motifs is 1. The van der Waals surface area contributed by atoms with E-state index in [4.69, 9.17) is 5.11 Å². The Kier molecular flexibility index (Phi) is 3.29. The molecule has 2 nitrogen and oxygen atoms in total. The molecular weight excluding hydrogens is 236 g/mol. The average Bonchev–Trinajstić information content (AvgIpc) is 2.62. The van der Waals surface area contributed by atoms with E-state index in [0.29, 0.717) is 0 Å². The van der Waals surface area contributed by atoms with Gasteiger partial charge in [0, 0.05) is 6.08 Å². The highest BCUT2D eigenvalue weighted by molar-refractivity contribution is 5.86. The number of carboxylic acids is 1. The van der Waals surface area contributed by atoms with E-state index >= 15 is 0 Å². The molecule has 0 amide bonds. The summed E-state index contributed by atoms with van der Waals surface area (Å²) in [6.07, 6.45) is 5.26. The van der Waals surface area contributed by atoms with Gasteiger partial charge in [-0.25, -0.2) is 4.79 Å². The molecule has 0 aromatic heterocycles. The van der Waals surface area contributed by atoms with Crippen molar-refractivity contribution in [2.75, 3.05) is 0 Å². The molecule has 0 radical (unpaired) electrons. The first-order valence-electron chi connectivity index (χ1n) is 6.80. The van der Waals surface area contributed by atoms with Gasteiger partial charge in [0.2, 0.25) is 0 Å². The summed E-state index contributed by atoms with van der Waals surface area (Å²) in [6.45, 7) is 11.0. The molecule has 1 aromatic carbocycles. The molecule has 0 saturated carbocycles. The van der Waals surface area contributed by atoms with E-state index in [1.165, 1.54) is 40.3 Å². The molecule has 0 spiro atoms. The molecule has 19 heavy (non-hydrogen) atoms. The highest BCUT2D eigenvalue weighted by atomic mass is 16.4. The van der Waals surface area contributed by atoms with E-state index in [0.717, 1.165) is 12.0 Å². The van der Waals surface area contributed by atoms with Crippen molar-refractivity contribution < 1.29 is 9.90 Å². The van der Waals surface area contributed by atoms with Crippen LogP contribution in [0, 0.1) is 20.8 Å². The predicted octanol–water partition coefficient (Wildman–Crippen LogP) is 3.93. The van der Waals surface area contributed by atoms with Crippen LogP contribution < -0.4 is 0 Å². The molecule has 0 unspecified atom stereocenters. The normalized spacial score (nSPS) is 16.9. The van der Waals surface area contributed by atoms with Crippen molar-refractivity contribution in [1.82, 2.24) is 0 Å². The molecule has 0 aliphatic heterocycles. The maximum Gasteiger partial charge on any atom is 0.328 e. The lowest BCUT2D eigenvalue weighted by molar-refractivity contribution is -0.131. The smallest absolute Gasteiger partial charge is 0.328 e. The zero-order valence-corrected chi connectivity index (χ0v) is 12.4. The van der Waals surface area contributed by atoms with E-state index < -0.39 is 5.97 Å². The second-order valence-electron chi connectivity index (χ2n) is 6.20. The van der Waals surface area contributed by atoms with Gasteiger partial charge in [-0.2, -0.15) is 0 Å². The van der Waals surface area contributed by atoms with E-state index in [2.05, 4.69) is 34.6 Å². The number of hydrogen-bond donors (Lipinski definition) is 1. The maximum absolute atomic E-state index is 10.7. The van der Waals surface area contributed by atoms with Gasteiger partial charge < -0.3 is 5.11 Å². The van der Waals surface area contributed by atoms with Gasteiger partial charge >= 0.3 is 5.97 Å². The SMILES string of the molecule is Cc1c(C)c2c(c(C)c1/C=C/C(=O)O)CCC2(C)C. The van der Waals surface area contributed by atoms with E-state index in [1.54, 1.807) is 6.08 Å². The summed E-state index contributed by atoms with van der Waals surface area (Å²) in [5.41, 5.74) is 8.02. The Hall–Kier alpha value is -1.57. The lowest BCUT2D eigenvalue weighted by Gasteiger charge is -2.24. The van der Waals surface area contributed by atoms with Crippen LogP contribution in [0.1, 0.15) is 53.6 Å². The first-order chi connectivity index (χ1) is 8.75. The third-order valence-electron chi connectivity index (χ3n) is 4.57. The summed E-state index contributed by atoms with van der Waals surface area (Å²) in [5, 5.41) is 8.82.